The van der Waals surface area contributed by atoms with E-state index in [9.17, 15) is 0 Å². The minimum atomic E-state index is 0.242. The van der Waals surface area contributed by atoms with E-state index in [1.807, 2.05) is 0 Å². The lowest BCUT2D eigenvalue weighted by Gasteiger charge is -2.16. The fraction of sp³-hybridized carbons (Fsp3) is 0.444. The van der Waals surface area contributed by atoms with Crippen LogP contribution in [0, 0.1) is 0 Å². The third kappa shape index (κ3) is 5.33. The summed E-state index contributed by atoms with van der Waals surface area (Å²) in [5.74, 6) is 0.953. The molecule has 0 saturated carbocycles. The standard InChI is InChI=1S/C18H24BrNO/c1-13(2)20-10-4-5-14(3)21-18-9-7-15-11-17(19)8-6-16(15)12-18/h6-9,11-14,20H,4-5,10H2,1-3H3. The van der Waals surface area contributed by atoms with Gasteiger partial charge in [-0.25, -0.2) is 0 Å². The first-order chi connectivity index (χ1) is 10.0. The summed E-state index contributed by atoms with van der Waals surface area (Å²) >= 11 is 3.50. The van der Waals surface area contributed by atoms with E-state index in [4.69, 9.17) is 4.74 Å². The van der Waals surface area contributed by atoms with Crippen molar-refractivity contribution in [2.24, 2.45) is 0 Å². The van der Waals surface area contributed by atoms with E-state index in [0.29, 0.717) is 6.04 Å². The Kier molecular flexibility index (Phi) is 6.07. The van der Waals surface area contributed by atoms with Crippen LogP contribution in [0.1, 0.15) is 33.6 Å². The van der Waals surface area contributed by atoms with Crippen molar-refractivity contribution in [2.45, 2.75) is 45.8 Å². The third-order valence-electron chi connectivity index (χ3n) is 3.45. The fourth-order valence-corrected chi connectivity index (χ4v) is 2.72. The molecule has 2 nitrogen and oxygen atoms in total. The number of benzene rings is 2. The maximum absolute atomic E-state index is 6.02. The Balaban J connectivity index is 1.88. The van der Waals surface area contributed by atoms with Crippen molar-refractivity contribution in [1.29, 1.82) is 0 Å². The minimum absolute atomic E-state index is 0.242. The monoisotopic (exact) mass is 349 g/mol. The molecule has 0 aliphatic carbocycles. The molecular weight excluding hydrogens is 326 g/mol. The maximum atomic E-state index is 6.02. The van der Waals surface area contributed by atoms with E-state index in [0.717, 1.165) is 29.6 Å². The number of hydrogen-bond donors (Lipinski definition) is 1. The van der Waals surface area contributed by atoms with Gasteiger partial charge in [-0.15, -0.1) is 0 Å². The first-order valence-electron chi connectivity index (χ1n) is 7.64. The van der Waals surface area contributed by atoms with Crippen molar-refractivity contribution in [3.05, 3.63) is 40.9 Å². The molecular formula is C18H24BrNO. The number of ether oxygens (including phenoxy) is 1. The molecule has 2 aromatic carbocycles. The summed E-state index contributed by atoms with van der Waals surface area (Å²) in [7, 11) is 0. The van der Waals surface area contributed by atoms with Crippen LogP contribution in [0.5, 0.6) is 5.75 Å². The van der Waals surface area contributed by atoms with Crippen molar-refractivity contribution in [3.63, 3.8) is 0 Å². The van der Waals surface area contributed by atoms with Crippen LogP contribution in [0.3, 0.4) is 0 Å². The molecule has 0 bridgehead atoms. The number of fused-ring (bicyclic) bond motifs is 1. The highest BCUT2D eigenvalue weighted by Crippen LogP contribution is 2.25. The number of halogens is 1. The summed E-state index contributed by atoms with van der Waals surface area (Å²) in [6.45, 7) is 7.54. The van der Waals surface area contributed by atoms with Gasteiger partial charge in [0.05, 0.1) is 6.10 Å². The summed E-state index contributed by atoms with van der Waals surface area (Å²) in [6, 6.07) is 13.1. The zero-order valence-corrected chi connectivity index (χ0v) is 14.6. The summed E-state index contributed by atoms with van der Waals surface area (Å²) in [6.07, 6.45) is 2.45. The van der Waals surface area contributed by atoms with E-state index in [2.05, 4.69) is 78.4 Å². The smallest absolute Gasteiger partial charge is 0.120 e. The van der Waals surface area contributed by atoms with E-state index in [1.54, 1.807) is 0 Å². The second-order valence-electron chi connectivity index (χ2n) is 5.83. The predicted octanol–water partition coefficient (Wildman–Crippen LogP) is 5.15. The van der Waals surface area contributed by atoms with Crippen molar-refractivity contribution >= 4 is 26.7 Å². The Labute approximate surface area is 136 Å². The number of nitrogens with one attached hydrogen (secondary N) is 1. The summed E-state index contributed by atoms with van der Waals surface area (Å²) in [4.78, 5) is 0. The molecule has 0 heterocycles. The lowest BCUT2D eigenvalue weighted by atomic mass is 10.1. The van der Waals surface area contributed by atoms with Crippen LogP contribution >= 0.6 is 15.9 Å². The second-order valence-corrected chi connectivity index (χ2v) is 6.75. The Morgan fingerprint density at radius 2 is 1.76 bits per heavy atom. The van der Waals surface area contributed by atoms with Crippen LogP contribution in [-0.2, 0) is 0 Å². The lowest BCUT2D eigenvalue weighted by Crippen LogP contribution is -2.25. The summed E-state index contributed by atoms with van der Waals surface area (Å²) < 4.78 is 7.13. The molecule has 114 valence electrons. The van der Waals surface area contributed by atoms with E-state index < -0.39 is 0 Å². The van der Waals surface area contributed by atoms with Gasteiger partial charge in [-0.05, 0) is 61.3 Å². The van der Waals surface area contributed by atoms with Gasteiger partial charge in [-0.2, -0.15) is 0 Å². The lowest BCUT2D eigenvalue weighted by molar-refractivity contribution is 0.207. The molecule has 1 N–H and O–H groups in total. The number of rotatable bonds is 7. The molecule has 1 atom stereocenters. The van der Waals surface area contributed by atoms with Crippen LogP contribution in [-0.4, -0.2) is 18.7 Å². The Morgan fingerprint density at radius 3 is 2.52 bits per heavy atom. The van der Waals surface area contributed by atoms with Gasteiger partial charge < -0.3 is 10.1 Å². The third-order valence-corrected chi connectivity index (χ3v) is 3.94. The Hall–Kier alpha value is -1.06. The van der Waals surface area contributed by atoms with Gasteiger partial charge in [0.25, 0.3) is 0 Å². The molecule has 0 amide bonds. The molecule has 0 aliphatic heterocycles. The first-order valence-corrected chi connectivity index (χ1v) is 8.43. The number of hydrogen-bond acceptors (Lipinski definition) is 2. The van der Waals surface area contributed by atoms with Crippen molar-refractivity contribution in [3.8, 4) is 5.75 Å². The highest BCUT2D eigenvalue weighted by atomic mass is 79.9. The molecule has 1 unspecified atom stereocenters. The van der Waals surface area contributed by atoms with Crippen LogP contribution < -0.4 is 10.1 Å². The zero-order valence-electron chi connectivity index (χ0n) is 13.0. The molecule has 0 aromatic heterocycles. The second kappa shape index (κ2) is 7.81. The van der Waals surface area contributed by atoms with Gasteiger partial charge in [0.15, 0.2) is 0 Å². The molecule has 2 rings (SSSR count). The Bertz CT molecular complexity index is 582. The fourth-order valence-electron chi connectivity index (χ4n) is 2.34. The van der Waals surface area contributed by atoms with Crippen LogP contribution in [0.15, 0.2) is 40.9 Å². The van der Waals surface area contributed by atoms with Gasteiger partial charge in [-0.1, -0.05) is 41.9 Å². The highest BCUT2D eigenvalue weighted by molar-refractivity contribution is 9.10. The van der Waals surface area contributed by atoms with Gasteiger partial charge in [-0.3, -0.25) is 0 Å². The SMILES string of the molecule is CC(C)NCCCC(C)Oc1ccc2cc(Br)ccc2c1. The highest BCUT2D eigenvalue weighted by Gasteiger charge is 2.05. The quantitative estimate of drug-likeness (QED) is 0.698. The maximum Gasteiger partial charge on any atom is 0.120 e. The van der Waals surface area contributed by atoms with Gasteiger partial charge >= 0.3 is 0 Å². The summed E-state index contributed by atoms with van der Waals surface area (Å²) in [5.41, 5.74) is 0. The molecule has 21 heavy (non-hydrogen) atoms. The van der Waals surface area contributed by atoms with Crippen molar-refractivity contribution in [2.75, 3.05) is 6.54 Å². The van der Waals surface area contributed by atoms with Gasteiger partial charge in [0.2, 0.25) is 0 Å². The summed E-state index contributed by atoms with van der Waals surface area (Å²) in [5, 5.41) is 5.87. The van der Waals surface area contributed by atoms with Crippen LogP contribution in [0.2, 0.25) is 0 Å². The molecule has 2 aromatic rings. The zero-order chi connectivity index (χ0) is 15.2. The molecule has 0 aliphatic rings. The van der Waals surface area contributed by atoms with Gasteiger partial charge in [0.1, 0.15) is 5.75 Å². The van der Waals surface area contributed by atoms with Crippen molar-refractivity contribution in [1.82, 2.24) is 5.32 Å². The topological polar surface area (TPSA) is 21.3 Å². The van der Waals surface area contributed by atoms with E-state index in [-0.39, 0.29) is 6.10 Å². The normalized spacial score (nSPS) is 12.8. The largest absolute Gasteiger partial charge is 0.491 e. The van der Waals surface area contributed by atoms with E-state index >= 15 is 0 Å². The average Bonchev–Trinajstić information content (AvgIpc) is 2.43. The minimum Gasteiger partial charge on any atom is -0.491 e. The molecule has 0 radical (unpaired) electrons. The van der Waals surface area contributed by atoms with E-state index in [1.165, 1.54) is 10.8 Å². The van der Waals surface area contributed by atoms with Crippen LogP contribution in [0.25, 0.3) is 10.8 Å². The van der Waals surface area contributed by atoms with Crippen LogP contribution in [0.4, 0.5) is 0 Å². The average molecular weight is 350 g/mol. The molecule has 0 saturated heterocycles. The molecule has 0 spiro atoms. The first kappa shape index (κ1) is 16.3. The van der Waals surface area contributed by atoms with Crippen molar-refractivity contribution < 1.29 is 4.74 Å². The molecule has 3 heteroatoms. The predicted molar refractivity (Wildman–Crippen MR) is 94.1 cm³/mol. The molecule has 0 fully saturated rings. The Morgan fingerprint density at radius 1 is 1.05 bits per heavy atom. The van der Waals surface area contributed by atoms with Gasteiger partial charge in [0, 0.05) is 10.5 Å².